The number of esters is 1. The third-order valence-corrected chi connectivity index (χ3v) is 4.31. The highest BCUT2D eigenvalue weighted by atomic mass is 35.5. The molecule has 0 atom stereocenters. The Bertz CT molecular complexity index is 903. The van der Waals surface area contributed by atoms with E-state index in [1.165, 1.54) is 14.2 Å². The number of carbonyl (C=O) groups is 3. The minimum Gasteiger partial charge on any atom is -0.497 e. The molecule has 9 heteroatoms. The van der Waals surface area contributed by atoms with Gasteiger partial charge in [0.15, 0.2) is 6.61 Å². The van der Waals surface area contributed by atoms with Crippen molar-refractivity contribution >= 4 is 40.8 Å². The largest absolute Gasteiger partial charge is 0.497 e. The summed E-state index contributed by atoms with van der Waals surface area (Å²) in [6.45, 7) is -0.453. The van der Waals surface area contributed by atoms with E-state index in [1.54, 1.807) is 42.5 Å². The number of nitrogens with one attached hydrogen (secondary N) is 2. The second-order valence-electron chi connectivity index (χ2n) is 6.16. The van der Waals surface area contributed by atoms with E-state index >= 15 is 0 Å². The van der Waals surface area contributed by atoms with Crippen LogP contribution in [0.25, 0.3) is 0 Å². The summed E-state index contributed by atoms with van der Waals surface area (Å²) in [6, 6.07) is 11.8. The van der Waals surface area contributed by atoms with E-state index in [2.05, 4.69) is 10.6 Å². The molecule has 2 aromatic rings. The number of rotatable bonds is 10. The van der Waals surface area contributed by atoms with Gasteiger partial charge in [-0.1, -0.05) is 23.7 Å². The summed E-state index contributed by atoms with van der Waals surface area (Å²) in [5.74, 6) is -0.378. The Kier molecular flexibility index (Phi) is 8.96. The fourth-order valence-corrected chi connectivity index (χ4v) is 2.67. The molecule has 0 aliphatic heterocycles. The monoisotopic (exact) mass is 434 g/mol. The first-order valence-corrected chi connectivity index (χ1v) is 9.52. The molecule has 0 saturated carbocycles. The van der Waals surface area contributed by atoms with Gasteiger partial charge in [-0.05, 0) is 30.7 Å². The Morgan fingerprint density at radius 2 is 1.63 bits per heavy atom. The Hall–Kier alpha value is -3.26. The number of carbonyl (C=O) groups excluding carboxylic acids is 3. The van der Waals surface area contributed by atoms with Crippen molar-refractivity contribution in [2.75, 3.05) is 31.5 Å². The van der Waals surface area contributed by atoms with E-state index in [-0.39, 0.29) is 25.2 Å². The lowest BCUT2D eigenvalue weighted by Gasteiger charge is -2.12. The average molecular weight is 435 g/mol. The number of anilines is 2. The van der Waals surface area contributed by atoms with Crippen LogP contribution >= 0.6 is 11.6 Å². The molecule has 0 radical (unpaired) electrons. The third-order valence-electron chi connectivity index (χ3n) is 3.98. The van der Waals surface area contributed by atoms with Gasteiger partial charge in [0.05, 0.1) is 30.6 Å². The smallest absolute Gasteiger partial charge is 0.306 e. The Balaban J connectivity index is 1.71. The molecule has 0 saturated heterocycles. The van der Waals surface area contributed by atoms with Crippen LogP contribution in [-0.2, 0) is 19.1 Å². The molecule has 30 heavy (non-hydrogen) atoms. The minimum absolute atomic E-state index is 0.00566. The van der Waals surface area contributed by atoms with Gasteiger partial charge in [0, 0.05) is 18.9 Å². The SMILES string of the molecule is COc1ccc(OC)c(NC(=O)COC(=O)CCCC(=O)Nc2ccccc2Cl)c1. The van der Waals surface area contributed by atoms with E-state index in [9.17, 15) is 14.4 Å². The van der Waals surface area contributed by atoms with Gasteiger partial charge in [-0.15, -0.1) is 0 Å². The molecule has 2 N–H and O–H groups in total. The van der Waals surface area contributed by atoms with Crippen LogP contribution in [0, 0.1) is 0 Å². The summed E-state index contributed by atoms with van der Waals surface area (Å²) in [5, 5.41) is 5.71. The molecule has 2 amide bonds. The summed E-state index contributed by atoms with van der Waals surface area (Å²) < 4.78 is 15.2. The van der Waals surface area contributed by atoms with Crippen molar-refractivity contribution < 1.29 is 28.6 Å². The zero-order valence-corrected chi connectivity index (χ0v) is 17.5. The lowest BCUT2D eigenvalue weighted by Crippen LogP contribution is -2.21. The second-order valence-corrected chi connectivity index (χ2v) is 6.56. The van der Waals surface area contributed by atoms with Crippen molar-refractivity contribution in [1.29, 1.82) is 0 Å². The second kappa shape index (κ2) is 11.7. The summed E-state index contributed by atoms with van der Waals surface area (Å²) >= 11 is 5.98. The van der Waals surface area contributed by atoms with Gasteiger partial charge in [-0.25, -0.2) is 0 Å². The first-order valence-electron chi connectivity index (χ1n) is 9.14. The van der Waals surface area contributed by atoms with Crippen molar-refractivity contribution in [1.82, 2.24) is 0 Å². The number of hydrogen-bond donors (Lipinski definition) is 2. The van der Waals surface area contributed by atoms with Crippen molar-refractivity contribution in [3.63, 3.8) is 0 Å². The van der Waals surface area contributed by atoms with Gasteiger partial charge < -0.3 is 24.8 Å². The molecular weight excluding hydrogens is 412 g/mol. The van der Waals surface area contributed by atoms with Crippen molar-refractivity contribution in [3.8, 4) is 11.5 Å². The van der Waals surface area contributed by atoms with Crippen molar-refractivity contribution in [2.45, 2.75) is 19.3 Å². The molecule has 2 rings (SSSR count). The lowest BCUT2D eigenvalue weighted by molar-refractivity contribution is -0.147. The fourth-order valence-electron chi connectivity index (χ4n) is 2.48. The highest BCUT2D eigenvalue weighted by molar-refractivity contribution is 6.33. The van der Waals surface area contributed by atoms with Crippen LogP contribution in [0.15, 0.2) is 42.5 Å². The lowest BCUT2D eigenvalue weighted by atomic mass is 10.2. The highest BCUT2D eigenvalue weighted by Crippen LogP contribution is 2.28. The molecule has 0 heterocycles. The summed E-state index contributed by atoms with van der Waals surface area (Å²) in [5.41, 5.74) is 0.908. The predicted octanol–water partition coefficient (Wildman–Crippen LogP) is 3.65. The number of hydrogen-bond acceptors (Lipinski definition) is 6. The van der Waals surface area contributed by atoms with E-state index in [0.717, 1.165) is 0 Å². The van der Waals surface area contributed by atoms with E-state index in [1.807, 2.05) is 0 Å². The summed E-state index contributed by atoms with van der Waals surface area (Å²) in [6.07, 6.45) is 0.402. The van der Waals surface area contributed by atoms with Crippen LogP contribution in [0.5, 0.6) is 11.5 Å². The quantitative estimate of drug-likeness (QED) is 0.553. The number of para-hydroxylation sites is 1. The van der Waals surface area contributed by atoms with Crippen LogP contribution in [0.2, 0.25) is 5.02 Å². The third kappa shape index (κ3) is 7.29. The predicted molar refractivity (Wildman–Crippen MR) is 113 cm³/mol. The molecular formula is C21H23ClN2O6. The maximum Gasteiger partial charge on any atom is 0.306 e. The zero-order valence-electron chi connectivity index (χ0n) is 16.7. The van der Waals surface area contributed by atoms with Crippen LogP contribution in [0.4, 0.5) is 11.4 Å². The zero-order chi connectivity index (χ0) is 21.9. The van der Waals surface area contributed by atoms with Crippen molar-refractivity contribution in [2.24, 2.45) is 0 Å². The number of amides is 2. The molecule has 2 aromatic carbocycles. The molecule has 0 aliphatic carbocycles. The average Bonchev–Trinajstić information content (AvgIpc) is 2.74. The van der Waals surface area contributed by atoms with E-state index < -0.39 is 18.5 Å². The number of benzene rings is 2. The Morgan fingerprint density at radius 3 is 2.33 bits per heavy atom. The molecule has 0 aliphatic rings. The number of halogens is 1. The summed E-state index contributed by atoms with van der Waals surface area (Å²) in [4.78, 5) is 35.8. The first kappa shape index (κ1) is 23.0. The molecule has 0 aromatic heterocycles. The molecule has 0 bridgehead atoms. The molecule has 0 fully saturated rings. The molecule has 160 valence electrons. The Morgan fingerprint density at radius 1 is 0.900 bits per heavy atom. The van der Waals surface area contributed by atoms with Gasteiger partial charge in [0.2, 0.25) is 5.91 Å². The molecule has 0 unspecified atom stereocenters. The molecule has 0 spiro atoms. The first-order chi connectivity index (χ1) is 14.4. The van der Waals surface area contributed by atoms with Crippen LogP contribution in [0.3, 0.4) is 0 Å². The standard InChI is InChI=1S/C21H23ClN2O6/c1-28-14-10-11-18(29-2)17(12-14)24-20(26)13-30-21(27)9-5-8-19(25)23-16-7-4-3-6-15(16)22/h3-4,6-7,10-12H,5,8-9,13H2,1-2H3,(H,23,25)(H,24,26). The van der Waals surface area contributed by atoms with Crippen LogP contribution < -0.4 is 20.1 Å². The van der Waals surface area contributed by atoms with Crippen LogP contribution in [0.1, 0.15) is 19.3 Å². The van der Waals surface area contributed by atoms with Gasteiger partial charge >= 0.3 is 5.97 Å². The maximum atomic E-state index is 12.0. The summed E-state index contributed by atoms with van der Waals surface area (Å²) in [7, 11) is 2.98. The normalized spacial score (nSPS) is 10.1. The molecule has 8 nitrogen and oxygen atoms in total. The van der Waals surface area contributed by atoms with Gasteiger partial charge in [-0.2, -0.15) is 0 Å². The van der Waals surface area contributed by atoms with Gasteiger partial charge in [0.1, 0.15) is 11.5 Å². The number of ether oxygens (including phenoxy) is 3. The fraction of sp³-hybridized carbons (Fsp3) is 0.286. The minimum atomic E-state index is -0.576. The maximum absolute atomic E-state index is 12.0. The Labute approximate surface area is 179 Å². The number of methoxy groups -OCH3 is 2. The topological polar surface area (TPSA) is 103 Å². The van der Waals surface area contributed by atoms with Gasteiger partial charge in [-0.3, -0.25) is 14.4 Å². The van der Waals surface area contributed by atoms with Gasteiger partial charge in [0.25, 0.3) is 5.91 Å². The van der Waals surface area contributed by atoms with E-state index in [4.69, 9.17) is 25.8 Å². The van der Waals surface area contributed by atoms with Crippen molar-refractivity contribution in [3.05, 3.63) is 47.5 Å². The van der Waals surface area contributed by atoms with E-state index in [0.29, 0.717) is 27.9 Å². The van der Waals surface area contributed by atoms with Crippen LogP contribution in [-0.4, -0.2) is 38.6 Å². The highest BCUT2D eigenvalue weighted by Gasteiger charge is 2.12.